The van der Waals surface area contributed by atoms with Crippen LogP contribution in [0.15, 0.2) is 35.1 Å². The summed E-state index contributed by atoms with van der Waals surface area (Å²) in [5.41, 5.74) is 2.14. The van der Waals surface area contributed by atoms with Crippen LogP contribution in [-0.4, -0.2) is 32.3 Å². The summed E-state index contributed by atoms with van der Waals surface area (Å²) in [5.74, 6) is 0.816. The highest BCUT2D eigenvalue weighted by Gasteiger charge is 2.17. The molecule has 0 aliphatic rings. The molecule has 0 bridgehead atoms. The Balaban J connectivity index is 1.98. The summed E-state index contributed by atoms with van der Waals surface area (Å²) in [7, 11) is 0. The van der Waals surface area contributed by atoms with Gasteiger partial charge >= 0.3 is 0 Å². The topological polar surface area (TPSA) is 102 Å². The zero-order valence-corrected chi connectivity index (χ0v) is 16.4. The van der Waals surface area contributed by atoms with Crippen LogP contribution in [0.4, 0.5) is 5.82 Å². The van der Waals surface area contributed by atoms with Crippen molar-refractivity contribution in [3.8, 4) is 11.7 Å². The number of carbonyl (C=O) groups is 1. The minimum Gasteiger partial charge on any atom is -0.493 e. The van der Waals surface area contributed by atoms with Crippen LogP contribution in [0.1, 0.15) is 41.2 Å². The molecule has 0 unspecified atom stereocenters. The lowest BCUT2D eigenvalue weighted by molar-refractivity contribution is 0.102. The van der Waals surface area contributed by atoms with E-state index in [2.05, 4.69) is 20.4 Å². The number of aromatic amines is 1. The normalized spacial score (nSPS) is 10.7. The SMILES string of the molecule is CCOc1ccccc1C(=O)Nc1cc(C)nn1-c1nc(C)c(CC)c(=O)[nH]1. The zero-order valence-electron chi connectivity index (χ0n) is 16.4. The van der Waals surface area contributed by atoms with Crippen LogP contribution in [0.5, 0.6) is 5.75 Å². The van der Waals surface area contributed by atoms with Gasteiger partial charge in [0, 0.05) is 17.3 Å². The fraction of sp³-hybridized carbons (Fsp3) is 0.300. The number of hydrogen-bond donors (Lipinski definition) is 2. The fourth-order valence-electron chi connectivity index (χ4n) is 2.98. The second kappa shape index (κ2) is 8.08. The van der Waals surface area contributed by atoms with E-state index in [9.17, 15) is 9.59 Å². The van der Waals surface area contributed by atoms with Crippen molar-refractivity contribution in [3.05, 3.63) is 63.2 Å². The molecule has 1 aromatic carbocycles. The average Bonchev–Trinajstić information content (AvgIpc) is 3.02. The Morgan fingerprint density at radius 2 is 2.00 bits per heavy atom. The van der Waals surface area contributed by atoms with Crippen molar-refractivity contribution in [2.24, 2.45) is 0 Å². The largest absolute Gasteiger partial charge is 0.493 e. The highest BCUT2D eigenvalue weighted by Crippen LogP contribution is 2.21. The molecule has 2 N–H and O–H groups in total. The van der Waals surface area contributed by atoms with Gasteiger partial charge in [0.2, 0.25) is 5.95 Å². The first-order chi connectivity index (χ1) is 13.4. The first kappa shape index (κ1) is 19.3. The summed E-state index contributed by atoms with van der Waals surface area (Å²) in [6, 6.07) is 8.72. The highest BCUT2D eigenvalue weighted by atomic mass is 16.5. The maximum Gasteiger partial charge on any atom is 0.260 e. The van der Waals surface area contributed by atoms with Crippen LogP contribution in [0, 0.1) is 13.8 Å². The van der Waals surface area contributed by atoms with Crippen LogP contribution < -0.4 is 15.6 Å². The molecule has 0 radical (unpaired) electrons. The second-order valence-electron chi connectivity index (χ2n) is 6.27. The Morgan fingerprint density at radius 3 is 2.68 bits per heavy atom. The van der Waals surface area contributed by atoms with E-state index in [1.54, 1.807) is 38.1 Å². The lowest BCUT2D eigenvalue weighted by Crippen LogP contribution is -2.22. The predicted octanol–water partition coefficient (Wildman–Crippen LogP) is 2.79. The van der Waals surface area contributed by atoms with Gasteiger partial charge in [-0.3, -0.25) is 14.6 Å². The maximum absolute atomic E-state index is 12.8. The Morgan fingerprint density at radius 1 is 1.25 bits per heavy atom. The van der Waals surface area contributed by atoms with Crippen molar-refractivity contribution in [3.63, 3.8) is 0 Å². The van der Waals surface area contributed by atoms with Crippen LogP contribution >= 0.6 is 0 Å². The van der Waals surface area contributed by atoms with Gasteiger partial charge in [-0.05, 0) is 39.3 Å². The number of H-pyrrole nitrogens is 1. The molecule has 1 amide bonds. The Kier molecular flexibility index (Phi) is 5.58. The fourth-order valence-corrected chi connectivity index (χ4v) is 2.98. The number of anilines is 1. The maximum atomic E-state index is 12.8. The molecule has 8 nitrogen and oxygen atoms in total. The van der Waals surface area contributed by atoms with Gasteiger partial charge in [-0.15, -0.1) is 0 Å². The van der Waals surface area contributed by atoms with Crippen LogP contribution in [-0.2, 0) is 6.42 Å². The van der Waals surface area contributed by atoms with E-state index in [4.69, 9.17) is 4.74 Å². The Labute approximate surface area is 162 Å². The molecule has 8 heteroatoms. The van der Waals surface area contributed by atoms with E-state index < -0.39 is 0 Å². The van der Waals surface area contributed by atoms with E-state index in [1.807, 2.05) is 19.9 Å². The number of aromatic nitrogens is 4. The van der Waals surface area contributed by atoms with Crippen molar-refractivity contribution in [2.75, 3.05) is 11.9 Å². The molecule has 0 atom stereocenters. The van der Waals surface area contributed by atoms with Gasteiger partial charge in [0.05, 0.1) is 17.9 Å². The second-order valence-corrected chi connectivity index (χ2v) is 6.27. The van der Waals surface area contributed by atoms with E-state index in [-0.39, 0.29) is 17.4 Å². The smallest absolute Gasteiger partial charge is 0.260 e. The quantitative estimate of drug-likeness (QED) is 0.684. The number of nitrogens with zero attached hydrogens (tertiary/aromatic N) is 3. The molecule has 3 rings (SSSR count). The number of aryl methyl sites for hydroxylation is 2. The number of benzene rings is 1. The molecule has 0 aliphatic heterocycles. The number of rotatable bonds is 6. The Bertz CT molecular complexity index is 1070. The number of hydrogen-bond acceptors (Lipinski definition) is 5. The van der Waals surface area contributed by atoms with Crippen molar-refractivity contribution in [1.82, 2.24) is 19.7 Å². The van der Waals surface area contributed by atoms with Gasteiger partial charge in [0.15, 0.2) is 0 Å². The summed E-state index contributed by atoms with van der Waals surface area (Å²) < 4.78 is 6.95. The number of carbonyl (C=O) groups excluding carboxylic acids is 1. The molecule has 28 heavy (non-hydrogen) atoms. The first-order valence-corrected chi connectivity index (χ1v) is 9.14. The third-order valence-electron chi connectivity index (χ3n) is 4.27. The molecule has 0 aliphatic carbocycles. The van der Waals surface area contributed by atoms with E-state index in [0.717, 1.165) is 0 Å². The molecule has 2 heterocycles. The predicted molar refractivity (Wildman–Crippen MR) is 106 cm³/mol. The number of ether oxygens (including phenoxy) is 1. The lowest BCUT2D eigenvalue weighted by Gasteiger charge is -2.12. The number of amides is 1. The monoisotopic (exact) mass is 381 g/mol. The molecule has 0 spiro atoms. The van der Waals surface area contributed by atoms with Gasteiger partial charge in [0.25, 0.3) is 11.5 Å². The van der Waals surface area contributed by atoms with Gasteiger partial charge in [0.1, 0.15) is 11.6 Å². The molecule has 3 aromatic rings. The zero-order chi connectivity index (χ0) is 20.3. The molecule has 0 saturated heterocycles. The summed E-state index contributed by atoms with van der Waals surface area (Å²) in [6.07, 6.45) is 0.588. The van der Waals surface area contributed by atoms with Gasteiger partial charge in [-0.1, -0.05) is 19.1 Å². The molecular formula is C20H23N5O3. The first-order valence-electron chi connectivity index (χ1n) is 9.14. The molecule has 146 valence electrons. The summed E-state index contributed by atoms with van der Waals surface area (Å²) in [5, 5.41) is 7.19. The highest BCUT2D eigenvalue weighted by molar-refractivity contribution is 6.05. The van der Waals surface area contributed by atoms with Crippen LogP contribution in [0.25, 0.3) is 5.95 Å². The molecular weight excluding hydrogens is 358 g/mol. The third kappa shape index (κ3) is 3.80. The molecule has 2 aromatic heterocycles. The van der Waals surface area contributed by atoms with Crippen molar-refractivity contribution in [2.45, 2.75) is 34.1 Å². The standard InChI is InChI=1S/C20H23N5O3/c1-5-14-13(4)21-20(23-18(14)26)25-17(11-12(3)24-25)22-19(27)15-9-7-8-10-16(15)28-6-2/h7-11H,5-6H2,1-4H3,(H,22,27)(H,21,23,26). The number of para-hydroxylation sites is 1. The minimum absolute atomic E-state index is 0.211. The van der Waals surface area contributed by atoms with Crippen LogP contribution in [0.3, 0.4) is 0 Å². The summed E-state index contributed by atoms with van der Waals surface area (Å²) >= 11 is 0. The van der Waals surface area contributed by atoms with Gasteiger partial charge in [-0.25, -0.2) is 4.98 Å². The van der Waals surface area contributed by atoms with Crippen LogP contribution in [0.2, 0.25) is 0 Å². The van der Waals surface area contributed by atoms with E-state index in [0.29, 0.717) is 47.1 Å². The van der Waals surface area contributed by atoms with Gasteiger partial charge in [-0.2, -0.15) is 9.78 Å². The lowest BCUT2D eigenvalue weighted by atomic mass is 10.2. The average molecular weight is 381 g/mol. The van der Waals surface area contributed by atoms with E-state index >= 15 is 0 Å². The third-order valence-corrected chi connectivity index (χ3v) is 4.27. The summed E-state index contributed by atoms with van der Waals surface area (Å²) in [6.45, 7) is 7.79. The number of nitrogens with one attached hydrogen (secondary N) is 2. The van der Waals surface area contributed by atoms with Crippen molar-refractivity contribution < 1.29 is 9.53 Å². The Hall–Kier alpha value is -3.42. The van der Waals surface area contributed by atoms with Crippen molar-refractivity contribution in [1.29, 1.82) is 0 Å². The van der Waals surface area contributed by atoms with E-state index in [1.165, 1.54) is 4.68 Å². The molecule has 0 fully saturated rings. The minimum atomic E-state index is -0.338. The summed E-state index contributed by atoms with van der Waals surface area (Å²) in [4.78, 5) is 32.3. The molecule has 0 saturated carbocycles. The van der Waals surface area contributed by atoms with Crippen molar-refractivity contribution >= 4 is 11.7 Å². The van der Waals surface area contributed by atoms with Gasteiger partial charge < -0.3 is 10.1 Å².